The summed E-state index contributed by atoms with van der Waals surface area (Å²) in [6.45, 7) is 4.91. The lowest BCUT2D eigenvalue weighted by atomic mass is 9.96. The maximum atomic E-state index is 12.8. The predicted octanol–water partition coefficient (Wildman–Crippen LogP) is 1.82. The van der Waals surface area contributed by atoms with Gasteiger partial charge in [0.2, 0.25) is 17.7 Å². The van der Waals surface area contributed by atoms with E-state index in [0.29, 0.717) is 44.6 Å². The van der Waals surface area contributed by atoms with Gasteiger partial charge < -0.3 is 18.8 Å². The van der Waals surface area contributed by atoms with E-state index in [1.807, 2.05) is 29.2 Å². The lowest BCUT2D eigenvalue weighted by Gasteiger charge is -2.35. The molecule has 1 aromatic carbocycles. The zero-order valence-corrected chi connectivity index (χ0v) is 16.2. The van der Waals surface area contributed by atoms with Crippen molar-refractivity contribution in [2.45, 2.75) is 19.4 Å². The molecule has 3 heterocycles. The van der Waals surface area contributed by atoms with Crippen LogP contribution in [-0.2, 0) is 16.1 Å². The van der Waals surface area contributed by atoms with Crippen molar-refractivity contribution >= 4 is 5.91 Å². The highest BCUT2D eigenvalue weighted by Gasteiger charge is 2.30. The molecule has 0 N–H and O–H groups in total. The molecule has 2 fully saturated rings. The number of hydrogen-bond acceptors (Lipinski definition) is 7. The maximum absolute atomic E-state index is 12.8. The number of piperidine rings is 1. The monoisotopic (exact) mass is 386 g/mol. The molecular formula is C20H26N4O4. The van der Waals surface area contributed by atoms with Crippen LogP contribution in [0.25, 0.3) is 11.5 Å². The van der Waals surface area contributed by atoms with Gasteiger partial charge in [-0.3, -0.25) is 9.69 Å². The number of likely N-dealkylation sites (tertiary alicyclic amines) is 1. The van der Waals surface area contributed by atoms with Crippen LogP contribution in [-0.4, -0.2) is 72.4 Å². The molecule has 8 nitrogen and oxygen atoms in total. The Bertz CT molecular complexity index is 786. The van der Waals surface area contributed by atoms with E-state index in [0.717, 1.165) is 37.2 Å². The van der Waals surface area contributed by atoms with Crippen molar-refractivity contribution in [3.8, 4) is 17.2 Å². The molecule has 1 amide bonds. The van der Waals surface area contributed by atoms with Crippen molar-refractivity contribution in [1.82, 2.24) is 20.0 Å². The number of benzene rings is 1. The van der Waals surface area contributed by atoms with Crippen molar-refractivity contribution in [3.05, 3.63) is 30.2 Å². The number of carbonyl (C=O) groups is 1. The Morgan fingerprint density at radius 3 is 2.71 bits per heavy atom. The van der Waals surface area contributed by atoms with Crippen LogP contribution in [0.15, 0.2) is 28.7 Å². The molecule has 2 aliphatic rings. The van der Waals surface area contributed by atoms with E-state index in [2.05, 4.69) is 15.1 Å². The summed E-state index contributed by atoms with van der Waals surface area (Å²) in [6.07, 6.45) is 1.94. The fourth-order valence-electron chi connectivity index (χ4n) is 3.80. The quantitative estimate of drug-likeness (QED) is 0.775. The number of ether oxygens (including phenoxy) is 2. The molecule has 1 unspecified atom stereocenters. The van der Waals surface area contributed by atoms with Gasteiger partial charge in [-0.1, -0.05) is 0 Å². The summed E-state index contributed by atoms with van der Waals surface area (Å²) in [7, 11) is 1.63. The van der Waals surface area contributed by atoms with Gasteiger partial charge >= 0.3 is 0 Å². The van der Waals surface area contributed by atoms with Crippen LogP contribution in [0, 0.1) is 5.92 Å². The minimum atomic E-state index is 0.0378. The van der Waals surface area contributed by atoms with Crippen LogP contribution in [0.4, 0.5) is 0 Å². The molecule has 1 aromatic heterocycles. The Hall–Kier alpha value is -2.45. The Balaban J connectivity index is 1.36. The standard InChI is InChI=1S/C20H26N4O4/c1-26-17-6-4-15(5-7-17)19-22-21-18(28-19)14-23-8-2-3-16(13-23)20(25)24-9-11-27-12-10-24/h4-7,16H,2-3,8-14H2,1H3. The first-order valence-corrected chi connectivity index (χ1v) is 9.78. The molecule has 4 rings (SSSR count). The smallest absolute Gasteiger partial charge is 0.247 e. The highest BCUT2D eigenvalue weighted by Crippen LogP contribution is 2.24. The van der Waals surface area contributed by atoms with Crippen molar-refractivity contribution in [3.63, 3.8) is 0 Å². The summed E-state index contributed by atoms with van der Waals surface area (Å²) in [5.41, 5.74) is 0.860. The number of rotatable bonds is 5. The number of nitrogens with zero attached hydrogens (tertiary/aromatic N) is 4. The summed E-state index contributed by atoms with van der Waals surface area (Å²) in [6, 6.07) is 7.53. The van der Waals surface area contributed by atoms with Crippen LogP contribution in [0.1, 0.15) is 18.7 Å². The van der Waals surface area contributed by atoms with Crippen LogP contribution < -0.4 is 4.74 Å². The van der Waals surface area contributed by atoms with Gasteiger partial charge in [0, 0.05) is 25.2 Å². The number of aromatic nitrogens is 2. The van der Waals surface area contributed by atoms with Crippen molar-refractivity contribution in [1.29, 1.82) is 0 Å². The molecule has 0 saturated carbocycles. The van der Waals surface area contributed by atoms with E-state index < -0.39 is 0 Å². The molecular weight excluding hydrogens is 360 g/mol. The minimum absolute atomic E-state index is 0.0378. The van der Waals surface area contributed by atoms with Gasteiger partial charge in [-0.05, 0) is 43.7 Å². The summed E-state index contributed by atoms with van der Waals surface area (Å²) < 4.78 is 16.4. The van der Waals surface area contributed by atoms with Crippen LogP contribution >= 0.6 is 0 Å². The fourth-order valence-corrected chi connectivity index (χ4v) is 3.80. The maximum Gasteiger partial charge on any atom is 0.247 e. The van der Waals surface area contributed by atoms with E-state index in [1.165, 1.54) is 0 Å². The summed E-state index contributed by atoms with van der Waals surface area (Å²) in [4.78, 5) is 16.9. The Kier molecular flexibility index (Phi) is 5.87. The second kappa shape index (κ2) is 8.70. The van der Waals surface area contributed by atoms with E-state index >= 15 is 0 Å². The van der Waals surface area contributed by atoms with E-state index in [-0.39, 0.29) is 11.8 Å². The number of hydrogen-bond donors (Lipinski definition) is 0. The molecule has 0 radical (unpaired) electrons. The molecule has 1 atom stereocenters. The van der Waals surface area contributed by atoms with Crippen LogP contribution in [0.3, 0.4) is 0 Å². The average molecular weight is 386 g/mol. The fraction of sp³-hybridized carbons (Fsp3) is 0.550. The highest BCUT2D eigenvalue weighted by molar-refractivity contribution is 5.79. The van der Waals surface area contributed by atoms with Gasteiger partial charge in [0.25, 0.3) is 0 Å². The Labute approximate surface area is 164 Å². The highest BCUT2D eigenvalue weighted by atomic mass is 16.5. The molecule has 0 spiro atoms. The Morgan fingerprint density at radius 1 is 1.18 bits per heavy atom. The molecule has 2 aromatic rings. The Morgan fingerprint density at radius 2 is 1.96 bits per heavy atom. The third-order valence-electron chi connectivity index (χ3n) is 5.34. The molecule has 0 bridgehead atoms. The number of carbonyl (C=O) groups excluding carboxylic acids is 1. The predicted molar refractivity (Wildman–Crippen MR) is 102 cm³/mol. The molecule has 2 aliphatic heterocycles. The van der Waals surface area contributed by atoms with Gasteiger partial charge in [-0.2, -0.15) is 0 Å². The summed E-state index contributed by atoms with van der Waals surface area (Å²) in [5, 5.41) is 8.35. The lowest BCUT2D eigenvalue weighted by molar-refractivity contribution is -0.141. The minimum Gasteiger partial charge on any atom is -0.497 e. The second-order valence-electron chi connectivity index (χ2n) is 7.24. The largest absolute Gasteiger partial charge is 0.497 e. The number of morpholine rings is 1. The summed E-state index contributed by atoms with van der Waals surface area (Å²) >= 11 is 0. The number of amides is 1. The first kappa shape index (κ1) is 18.9. The van der Waals surface area contributed by atoms with E-state index in [1.54, 1.807) is 7.11 Å². The van der Waals surface area contributed by atoms with Crippen LogP contribution in [0.2, 0.25) is 0 Å². The normalized spacial score (nSPS) is 20.9. The van der Waals surface area contributed by atoms with Gasteiger partial charge in [0.05, 0.1) is 32.8 Å². The van der Waals surface area contributed by atoms with Gasteiger partial charge in [0.1, 0.15) is 5.75 Å². The lowest BCUT2D eigenvalue weighted by Crippen LogP contribution is -2.48. The van der Waals surface area contributed by atoms with Crippen molar-refractivity contribution in [2.24, 2.45) is 5.92 Å². The summed E-state index contributed by atoms with van der Waals surface area (Å²) in [5.74, 6) is 2.14. The number of methoxy groups -OCH3 is 1. The van der Waals surface area contributed by atoms with E-state index in [4.69, 9.17) is 13.9 Å². The van der Waals surface area contributed by atoms with Crippen LogP contribution in [0.5, 0.6) is 5.75 Å². The molecule has 28 heavy (non-hydrogen) atoms. The third-order valence-corrected chi connectivity index (χ3v) is 5.34. The molecule has 150 valence electrons. The van der Waals surface area contributed by atoms with E-state index in [9.17, 15) is 4.79 Å². The third kappa shape index (κ3) is 4.34. The molecule has 0 aliphatic carbocycles. The average Bonchev–Trinajstić information content (AvgIpc) is 3.22. The van der Waals surface area contributed by atoms with Gasteiger partial charge in [-0.25, -0.2) is 0 Å². The zero-order chi connectivity index (χ0) is 19.3. The SMILES string of the molecule is COc1ccc(-c2nnc(CN3CCCC(C(=O)N4CCOCC4)C3)o2)cc1. The molecule has 8 heteroatoms. The second-order valence-corrected chi connectivity index (χ2v) is 7.24. The topological polar surface area (TPSA) is 80.9 Å². The first-order chi connectivity index (χ1) is 13.7. The van der Waals surface area contributed by atoms with Crippen molar-refractivity contribution < 1.29 is 18.7 Å². The zero-order valence-electron chi connectivity index (χ0n) is 16.2. The van der Waals surface area contributed by atoms with Gasteiger partial charge in [0.15, 0.2) is 0 Å². The van der Waals surface area contributed by atoms with Gasteiger partial charge in [-0.15, -0.1) is 10.2 Å². The molecule has 2 saturated heterocycles. The first-order valence-electron chi connectivity index (χ1n) is 9.78. The van der Waals surface area contributed by atoms with Crippen molar-refractivity contribution in [2.75, 3.05) is 46.5 Å².